The van der Waals surface area contributed by atoms with Crippen LogP contribution in [0, 0.1) is 11.6 Å². The third-order valence-electron chi connectivity index (χ3n) is 3.84. The van der Waals surface area contributed by atoms with Gasteiger partial charge in [-0.25, -0.2) is 8.78 Å². The van der Waals surface area contributed by atoms with Gasteiger partial charge in [-0.3, -0.25) is 4.79 Å². The van der Waals surface area contributed by atoms with E-state index in [-0.39, 0.29) is 17.4 Å². The normalized spacial score (nSPS) is 16.1. The number of carbonyl (C=O) groups is 1. The summed E-state index contributed by atoms with van der Waals surface area (Å²) >= 11 is 0. The summed E-state index contributed by atoms with van der Waals surface area (Å²) in [5, 5.41) is 3.27. The van der Waals surface area contributed by atoms with E-state index < -0.39 is 11.6 Å². The molecule has 1 aromatic heterocycles. The average molecular weight is 290 g/mol. The number of aromatic nitrogens is 1. The third kappa shape index (κ3) is 2.88. The van der Waals surface area contributed by atoms with Gasteiger partial charge in [-0.2, -0.15) is 0 Å². The largest absolute Gasteiger partial charge is 0.342 e. The predicted octanol–water partition coefficient (Wildman–Crippen LogP) is 2.92. The molecule has 1 aliphatic rings. The number of nitrogens with zero attached hydrogens (tertiary/aromatic N) is 1. The molecule has 2 aromatic rings. The van der Waals surface area contributed by atoms with Crippen molar-refractivity contribution in [1.29, 1.82) is 0 Å². The molecule has 0 radical (unpaired) electrons. The molecule has 1 fully saturated rings. The lowest BCUT2D eigenvalue weighted by Crippen LogP contribution is -2.30. The van der Waals surface area contributed by atoms with Gasteiger partial charge in [-0.1, -0.05) is 0 Å². The first kappa shape index (κ1) is 13.9. The second-order valence-electron chi connectivity index (χ2n) is 5.27. The minimum atomic E-state index is -0.738. The van der Waals surface area contributed by atoms with Gasteiger partial charge < -0.3 is 9.88 Å². The Morgan fingerprint density at radius 1 is 1.14 bits per heavy atom. The van der Waals surface area contributed by atoms with E-state index in [2.05, 4.69) is 5.32 Å². The van der Waals surface area contributed by atoms with Crippen molar-refractivity contribution in [1.82, 2.24) is 9.88 Å². The van der Waals surface area contributed by atoms with Gasteiger partial charge >= 0.3 is 0 Å². The van der Waals surface area contributed by atoms with Gasteiger partial charge in [-0.05, 0) is 50.2 Å². The van der Waals surface area contributed by atoms with E-state index in [0.717, 1.165) is 44.1 Å². The van der Waals surface area contributed by atoms with E-state index >= 15 is 0 Å². The lowest BCUT2D eigenvalue weighted by Gasteiger charge is -2.25. The van der Waals surface area contributed by atoms with Crippen molar-refractivity contribution in [3.8, 4) is 0 Å². The molecule has 2 heterocycles. The summed E-state index contributed by atoms with van der Waals surface area (Å²) in [5.74, 6) is -1.83. The molecule has 0 atom stereocenters. The van der Waals surface area contributed by atoms with Gasteiger partial charge in [0.2, 0.25) is 5.78 Å². The summed E-state index contributed by atoms with van der Waals surface area (Å²) in [6, 6.07) is 6.66. The third-order valence-corrected chi connectivity index (χ3v) is 3.84. The molecule has 110 valence electrons. The summed E-state index contributed by atoms with van der Waals surface area (Å²) in [5.41, 5.74) is 0.522. The average Bonchev–Trinajstić information content (AvgIpc) is 2.95. The molecule has 1 aromatic carbocycles. The van der Waals surface area contributed by atoms with Crippen molar-refractivity contribution in [2.75, 3.05) is 13.1 Å². The van der Waals surface area contributed by atoms with Crippen LogP contribution in [0.1, 0.15) is 34.9 Å². The molecule has 1 aliphatic heterocycles. The highest BCUT2D eigenvalue weighted by atomic mass is 19.1. The Morgan fingerprint density at radius 2 is 1.81 bits per heavy atom. The molecule has 0 bridgehead atoms. The summed E-state index contributed by atoms with van der Waals surface area (Å²) < 4.78 is 28.5. The topological polar surface area (TPSA) is 34.0 Å². The predicted molar refractivity (Wildman–Crippen MR) is 75.4 cm³/mol. The maximum atomic E-state index is 13.3. The van der Waals surface area contributed by atoms with Crippen LogP contribution in [-0.4, -0.2) is 23.4 Å². The fourth-order valence-electron chi connectivity index (χ4n) is 2.82. The molecule has 0 aliphatic carbocycles. The van der Waals surface area contributed by atoms with E-state index in [1.807, 2.05) is 10.8 Å². The van der Waals surface area contributed by atoms with Gasteiger partial charge in [0.25, 0.3) is 0 Å². The number of hydrogen-bond donors (Lipinski definition) is 1. The van der Waals surface area contributed by atoms with E-state index in [1.165, 1.54) is 0 Å². The molecule has 3 nitrogen and oxygen atoms in total. The number of halogens is 2. The van der Waals surface area contributed by atoms with Gasteiger partial charge in [-0.15, -0.1) is 0 Å². The summed E-state index contributed by atoms with van der Waals surface area (Å²) in [4.78, 5) is 12.5. The lowest BCUT2D eigenvalue weighted by atomic mass is 10.0. The maximum Gasteiger partial charge on any atom is 0.209 e. The number of piperidine rings is 1. The number of rotatable bonds is 3. The van der Waals surface area contributed by atoms with Crippen LogP contribution < -0.4 is 5.32 Å². The van der Waals surface area contributed by atoms with Gasteiger partial charge in [0.1, 0.15) is 11.6 Å². The Hall–Kier alpha value is -2.01. The highest BCUT2D eigenvalue weighted by Gasteiger charge is 2.21. The first-order valence-electron chi connectivity index (χ1n) is 7.03. The molecule has 0 spiro atoms. The molecule has 1 N–H and O–H groups in total. The Morgan fingerprint density at radius 3 is 2.48 bits per heavy atom. The van der Waals surface area contributed by atoms with Crippen LogP contribution in [0.2, 0.25) is 0 Å². The zero-order valence-electron chi connectivity index (χ0n) is 11.5. The van der Waals surface area contributed by atoms with Crippen LogP contribution in [0.15, 0.2) is 36.5 Å². The minimum absolute atomic E-state index is 0.0429. The Kier molecular flexibility index (Phi) is 3.84. The molecule has 3 rings (SSSR count). The summed E-state index contributed by atoms with van der Waals surface area (Å²) in [6.45, 7) is 1.82. The fourth-order valence-corrected chi connectivity index (χ4v) is 2.82. The Labute approximate surface area is 121 Å². The van der Waals surface area contributed by atoms with Crippen molar-refractivity contribution in [3.05, 3.63) is 59.4 Å². The van der Waals surface area contributed by atoms with Crippen LogP contribution in [0.4, 0.5) is 8.78 Å². The second-order valence-corrected chi connectivity index (χ2v) is 5.27. The smallest absolute Gasteiger partial charge is 0.209 e. The Balaban J connectivity index is 1.93. The van der Waals surface area contributed by atoms with Crippen LogP contribution in [0.3, 0.4) is 0 Å². The molecule has 21 heavy (non-hydrogen) atoms. The quantitative estimate of drug-likeness (QED) is 0.882. The molecule has 1 saturated heterocycles. The van der Waals surface area contributed by atoms with Crippen molar-refractivity contribution in [3.63, 3.8) is 0 Å². The van der Waals surface area contributed by atoms with Crippen molar-refractivity contribution >= 4 is 5.78 Å². The van der Waals surface area contributed by atoms with Crippen LogP contribution in [0.25, 0.3) is 0 Å². The van der Waals surface area contributed by atoms with E-state index in [4.69, 9.17) is 0 Å². The summed E-state index contributed by atoms with van der Waals surface area (Å²) in [7, 11) is 0. The first-order valence-corrected chi connectivity index (χ1v) is 7.03. The Bertz CT molecular complexity index is 640. The minimum Gasteiger partial charge on any atom is -0.342 e. The van der Waals surface area contributed by atoms with Crippen LogP contribution >= 0.6 is 0 Å². The number of benzene rings is 1. The maximum absolute atomic E-state index is 13.3. The molecule has 5 heteroatoms. The van der Waals surface area contributed by atoms with E-state index in [1.54, 1.807) is 12.1 Å². The van der Waals surface area contributed by atoms with E-state index in [0.29, 0.717) is 5.69 Å². The molecule has 0 saturated carbocycles. The number of nitrogens with one attached hydrogen (secondary N) is 1. The van der Waals surface area contributed by atoms with Crippen LogP contribution in [-0.2, 0) is 0 Å². The van der Waals surface area contributed by atoms with E-state index in [9.17, 15) is 13.6 Å². The molecular weight excluding hydrogens is 274 g/mol. The molecule has 0 amide bonds. The fraction of sp³-hybridized carbons (Fsp3) is 0.312. The number of ketones is 1. The number of hydrogen-bond acceptors (Lipinski definition) is 2. The first-order chi connectivity index (χ1) is 10.1. The van der Waals surface area contributed by atoms with Crippen molar-refractivity contribution in [2.24, 2.45) is 0 Å². The van der Waals surface area contributed by atoms with Crippen LogP contribution in [0.5, 0.6) is 0 Å². The molecular formula is C16H16F2N2O. The summed E-state index contributed by atoms with van der Waals surface area (Å²) in [6.07, 6.45) is 3.73. The zero-order valence-corrected chi connectivity index (χ0v) is 11.5. The highest BCUT2D eigenvalue weighted by molar-refractivity contribution is 6.08. The number of carbonyl (C=O) groups excluding carboxylic acids is 1. The zero-order chi connectivity index (χ0) is 14.8. The lowest BCUT2D eigenvalue weighted by molar-refractivity contribution is 0.102. The van der Waals surface area contributed by atoms with Gasteiger partial charge in [0, 0.05) is 23.9 Å². The SMILES string of the molecule is O=C(c1cc(F)cc(F)c1)c1cccn1C1CCNCC1. The van der Waals surface area contributed by atoms with Crippen molar-refractivity contribution < 1.29 is 13.6 Å². The molecule has 0 unspecified atom stereocenters. The highest BCUT2D eigenvalue weighted by Crippen LogP contribution is 2.23. The van der Waals surface area contributed by atoms with Crippen molar-refractivity contribution in [2.45, 2.75) is 18.9 Å². The second kappa shape index (κ2) is 5.77. The standard InChI is InChI=1S/C16H16F2N2O/c17-12-8-11(9-13(18)10-12)16(21)15-2-1-7-20(15)14-3-5-19-6-4-14/h1-2,7-10,14,19H,3-6H2. The monoisotopic (exact) mass is 290 g/mol. The van der Waals surface area contributed by atoms with Gasteiger partial charge in [0.05, 0.1) is 5.69 Å². The van der Waals surface area contributed by atoms with Gasteiger partial charge in [0.15, 0.2) is 0 Å².